The van der Waals surface area contributed by atoms with E-state index in [1.165, 1.54) is 6.07 Å². The number of aryl methyl sites for hydroxylation is 1. The van der Waals surface area contributed by atoms with E-state index in [0.29, 0.717) is 17.9 Å². The van der Waals surface area contributed by atoms with Crippen LogP contribution < -0.4 is 10.1 Å². The lowest BCUT2D eigenvalue weighted by atomic mass is 10.2. The molecule has 0 fully saturated rings. The van der Waals surface area contributed by atoms with Crippen LogP contribution in [0.2, 0.25) is 5.02 Å². The van der Waals surface area contributed by atoms with E-state index in [0.717, 1.165) is 17.9 Å². The maximum Gasteiger partial charge on any atom is 0.148 e. The SMILES string of the molecule is CCNCc1nc(C)ccc1OCc1cccc(Cl)c1F. The van der Waals surface area contributed by atoms with Crippen molar-refractivity contribution in [2.45, 2.75) is 27.0 Å². The number of hydrogen-bond donors (Lipinski definition) is 1. The highest BCUT2D eigenvalue weighted by Gasteiger charge is 2.10. The first-order valence-electron chi connectivity index (χ1n) is 6.84. The van der Waals surface area contributed by atoms with E-state index in [1.54, 1.807) is 12.1 Å². The second-order valence-electron chi connectivity index (χ2n) is 4.68. The third-order valence-electron chi connectivity index (χ3n) is 3.03. The molecule has 0 spiro atoms. The number of hydrogen-bond acceptors (Lipinski definition) is 3. The van der Waals surface area contributed by atoms with E-state index in [9.17, 15) is 4.39 Å². The van der Waals surface area contributed by atoms with Crippen molar-refractivity contribution in [3.63, 3.8) is 0 Å². The van der Waals surface area contributed by atoms with E-state index < -0.39 is 5.82 Å². The zero-order valence-electron chi connectivity index (χ0n) is 12.1. The number of halogens is 2. The van der Waals surface area contributed by atoms with Crippen molar-refractivity contribution in [2.75, 3.05) is 6.54 Å². The van der Waals surface area contributed by atoms with Crippen LogP contribution in [0, 0.1) is 12.7 Å². The lowest BCUT2D eigenvalue weighted by Crippen LogP contribution is -2.14. The summed E-state index contributed by atoms with van der Waals surface area (Å²) in [5.74, 6) is 0.216. The summed E-state index contributed by atoms with van der Waals surface area (Å²) in [4.78, 5) is 4.46. The van der Waals surface area contributed by atoms with Gasteiger partial charge in [0.2, 0.25) is 0 Å². The van der Waals surface area contributed by atoms with Crippen LogP contribution in [-0.4, -0.2) is 11.5 Å². The van der Waals surface area contributed by atoms with E-state index in [1.807, 2.05) is 26.0 Å². The Kier molecular flexibility index (Phi) is 5.53. The Morgan fingerprint density at radius 2 is 2.10 bits per heavy atom. The lowest BCUT2D eigenvalue weighted by molar-refractivity contribution is 0.294. The molecule has 21 heavy (non-hydrogen) atoms. The van der Waals surface area contributed by atoms with Crippen molar-refractivity contribution in [3.8, 4) is 5.75 Å². The molecule has 0 bridgehead atoms. The fourth-order valence-corrected chi connectivity index (χ4v) is 2.11. The second kappa shape index (κ2) is 7.38. The van der Waals surface area contributed by atoms with E-state index in [2.05, 4.69) is 10.3 Å². The Hall–Kier alpha value is -1.65. The van der Waals surface area contributed by atoms with Crippen LogP contribution in [0.15, 0.2) is 30.3 Å². The molecule has 0 amide bonds. The van der Waals surface area contributed by atoms with Gasteiger partial charge in [-0.1, -0.05) is 30.7 Å². The summed E-state index contributed by atoms with van der Waals surface area (Å²) in [5, 5.41) is 3.32. The third kappa shape index (κ3) is 4.16. The summed E-state index contributed by atoms with van der Waals surface area (Å²) in [6.45, 7) is 5.54. The molecular formula is C16H18ClFN2O. The second-order valence-corrected chi connectivity index (χ2v) is 5.09. The Morgan fingerprint density at radius 3 is 2.86 bits per heavy atom. The van der Waals surface area contributed by atoms with E-state index >= 15 is 0 Å². The van der Waals surface area contributed by atoms with Crippen LogP contribution in [-0.2, 0) is 13.2 Å². The van der Waals surface area contributed by atoms with Gasteiger partial charge in [0.25, 0.3) is 0 Å². The van der Waals surface area contributed by atoms with E-state index in [-0.39, 0.29) is 11.6 Å². The van der Waals surface area contributed by atoms with Crippen LogP contribution in [0.25, 0.3) is 0 Å². The van der Waals surface area contributed by atoms with Crippen molar-refractivity contribution in [1.29, 1.82) is 0 Å². The standard InChI is InChI=1S/C16H18ClFN2O/c1-3-19-9-14-15(8-7-11(2)20-14)21-10-12-5-4-6-13(17)16(12)18/h4-8,19H,3,9-10H2,1-2H3. The van der Waals surface area contributed by atoms with E-state index in [4.69, 9.17) is 16.3 Å². The zero-order valence-corrected chi connectivity index (χ0v) is 12.9. The van der Waals surface area contributed by atoms with Gasteiger partial charge in [0, 0.05) is 17.8 Å². The number of rotatable bonds is 6. The molecule has 1 heterocycles. The van der Waals surface area contributed by atoms with Gasteiger partial charge in [0.05, 0.1) is 10.7 Å². The summed E-state index contributed by atoms with van der Waals surface area (Å²) in [6, 6.07) is 8.62. The lowest BCUT2D eigenvalue weighted by Gasteiger charge is -2.12. The van der Waals surface area contributed by atoms with Gasteiger partial charge in [-0.05, 0) is 31.7 Å². The number of nitrogens with one attached hydrogen (secondary N) is 1. The molecule has 0 saturated carbocycles. The number of ether oxygens (including phenoxy) is 1. The first kappa shape index (κ1) is 15.7. The number of nitrogens with zero attached hydrogens (tertiary/aromatic N) is 1. The van der Waals surface area contributed by atoms with Gasteiger partial charge >= 0.3 is 0 Å². The molecule has 0 atom stereocenters. The maximum absolute atomic E-state index is 13.8. The highest BCUT2D eigenvalue weighted by molar-refractivity contribution is 6.30. The number of aromatic nitrogens is 1. The van der Waals surface area contributed by atoms with Crippen molar-refractivity contribution in [1.82, 2.24) is 10.3 Å². The monoisotopic (exact) mass is 308 g/mol. The van der Waals surface area contributed by atoms with Crippen LogP contribution >= 0.6 is 11.6 Å². The molecule has 0 unspecified atom stereocenters. The predicted molar refractivity (Wildman–Crippen MR) is 82.1 cm³/mol. The molecule has 0 saturated heterocycles. The summed E-state index contributed by atoms with van der Waals surface area (Å²) in [7, 11) is 0. The Bertz CT molecular complexity index is 619. The fraction of sp³-hybridized carbons (Fsp3) is 0.312. The molecule has 1 aromatic carbocycles. The highest BCUT2D eigenvalue weighted by Crippen LogP contribution is 2.22. The minimum atomic E-state index is -0.438. The van der Waals surface area contributed by atoms with Gasteiger partial charge in [-0.3, -0.25) is 4.98 Å². The summed E-state index contributed by atoms with van der Waals surface area (Å²) >= 11 is 5.76. The van der Waals surface area contributed by atoms with Gasteiger partial charge in [-0.15, -0.1) is 0 Å². The van der Waals surface area contributed by atoms with Crippen molar-refractivity contribution < 1.29 is 9.13 Å². The highest BCUT2D eigenvalue weighted by atomic mass is 35.5. The van der Waals surface area contributed by atoms with Gasteiger partial charge in [-0.2, -0.15) is 0 Å². The topological polar surface area (TPSA) is 34.2 Å². The molecule has 3 nitrogen and oxygen atoms in total. The molecule has 112 valence electrons. The molecule has 5 heteroatoms. The summed E-state index contributed by atoms with van der Waals surface area (Å²) in [6.07, 6.45) is 0. The van der Waals surface area contributed by atoms with Gasteiger partial charge in [0.1, 0.15) is 18.2 Å². The summed E-state index contributed by atoms with van der Waals surface area (Å²) in [5.41, 5.74) is 2.17. The summed E-state index contributed by atoms with van der Waals surface area (Å²) < 4.78 is 19.5. The quantitative estimate of drug-likeness (QED) is 0.879. The van der Waals surface area contributed by atoms with Gasteiger partial charge < -0.3 is 10.1 Å². The molecule has 0 aliphatic heterocycles. The van der Waals surface area contributed by atoms with Crippen LogP contribution in [0.5, 0.6) is 5.75 Å². The van der Waals surface area contributed by atoms with Gasteiger partial charge in [0.15, 0.2) is 0 Å². The molecule has 2 rings (SSSR count). The predicted octanol–water partition coefficient (Wildman–Crippen LogP) is 3.87. The molecule has 1 aromatic heterocycles. The molecule has 0 radical (unpaired) electrons. The zero-order chi connectivity index (χ0) is 15.2. The average Bonchev–Trinajstić information content (AvgIpc) is 2.48. The molecule has 0 aliphatic carbocycles. The smallest absolute Gasteiger partial charge is 0.148 e. The minimum Gasteiger partial charge on any atom is -0.487 e. The maximum atomic E-state index is 13.8. The largest absolute Gasteiger partial charge is 0.487 e. The fourth-order valence-electron chi connectivity index (χ4n) is 1.91. The number of pyridine rings is 1. The van der Waals surface area contributed by atoms with Crippen molar-refractivity contribution >= 4 is 11.6 Å². The Morgan fingerprint density at radius 1 is 1.29 bits per heavy atom. The molecule has 0 aliphatic rings. The van der Waals surface area contributed by atoms with Crippen LogP contribution in [0.4, 0.5) is 4.39 Å². The first-order chi connectivity index (χ1) is 10.1. The van der Waals surface area contributed by atoms with Crippen molar-refractivity contribution in [3.05, 3.63) is 58.1 Å². The Labute approximate surface area is 129 Å². The third-order valence-corrected chi connectivity index (χ3v) is 3.32. The normalized spacial score (nSPS) is 10.7. The molecular weight excluding hydrogens is 291 g/mol. The average molecular weight is 309 g/mol. The molecule has 2 aromatic rings. The van der Waals surface area contributed by atoms with Gasteiger partial charge in [-0.25, -0.2) is 4.39 Å². The van der Waals surface area contributed by atoms with Crippen LogP contribution in [0.3, 0.4) is 0 Å². The number of benzene rings is 1. The first-order valence-corrected chi connectivity index (χ1v) is 7.22. The van der Waals surface area contributed by atoms with Crippen molar-refractivity contribution in [2.24, 2.45) is 0 Å². The Balaban J connectivity index is 2.14. The van der Waals surface area contributed by atoms with Crippen LogP contribution in [0.1, 0.15) is 23.9 Å². The molecule has 1 N–H and O–H groups in total. The minimum absolute atomic E-state index is 0.103.